The molecule has 3 rings (SSSR count). The molecule has 0 aliphatic rings. The Morgan fingerprint density at radius 1 is 1.14 bits per heavy atom. The van der Waals surface area contributed by atoms with Crippen LogP contribution in [0.15, 0.2) is 64.2 Å². The first-order valence-electron chi connectivity index (χ1n) is 6.45. The zero-order valence-electron chi connectivity index (χ0n) is 11.3. The third-order valence-corrected chi connectivity index (χ3v) is 3.09. The van der Waals surface area contributed by atoms with Crippen molar-refractivity contribution in [2.24, 2.45) is 5.16 Å². The second-order valence-electron chi connectivity index (χ2n) is 4.56. The van der Waals surface area contributed by atoms with Gasteiger partial charge in [0.2, 0.25) is 0 Å². The molecule has 2 N–H and O–H groups in total. The molecule has 1 amide bonds. The molecule has 0 spiro atoms. The van der Waals surface area contributed by atoms with Crippen LogP contribution in [-0.4, -0.2) is 11.1 Å². The van der Waals surface area contributed by atoms with Crippen LogP contribution >= 0.6 is 0 Å². The standard InChI is InChI=1S/C16H11FN2O3/c17-11-5-7-12(8-6-11)18-15(20)13-9-10-3-1-2-4-14(10)22-16(13)19-21/h1-9,21H,(H,18,20). The van der Waals surface area contributed by atoms with E-state index in [1.807, 2.05) is 0 Å². The largest absolute Gasteiger partial charge is 0.435 e. The number of nitrogens with one attached hydrogen (secondary N) is 1. The molecule has 0 radical (unpaired) electrons. The minimum absolute atomic E-state index is 0.0746. The van der Waals surface area contributed by atoms with Gasteiger partial charge in [-0.1, -0.05) is 18.2 Å². The van der Waals surface area contributed by atoms with Crippen LogP contribution in [0.3, 0.4) is 0 Å². The monoisotopic (exact) mass is 298 g/mol. The highest BCUT2D eigenvalue weighted by molar-refractivity contribution is 6.05. The van der Waals surface area contributed by atoms with E-state index in [0.717, 1.165) is 0 Å². The van der Waals surface area contributed by atoms with Gasteiger partial charge in [0, 0.05) is 11.1 Å². The second kappa shape index (κ2) is 5.69. The van der Waals surface area contributed by atoms with E-state index in [0.29, 0.717) is 16.7 Å². The number of amides is 1. The van der Waals surface area contributed by atoms with E-state index in [1.165, 1.54) is 24.3 Å². The summed E-state index contributed by atoms with van der Waals surface area (Å²) in [5.74, 6) is -0.918. The van der Waals surface area contributed by atoms with Gasteiger partial charge in [0.05, 0.1) is 0 Å². The number of carbonyl (C=O) groups excluding carboxylic acids is 1. The van der Waals surface area contributed by atoms with Gasteiger partial charge in [-0.3, -0.25) is 4.79 Å². The van der Waals surface area contributed by atoms with Crippen molar-refractivity contribution in [1.29, 1.82) is 0 Å². The highest BCUT2D eigenvalue weighted by Crippen LogP contribution is 2.14. The minimum Gasteiger partial charge on any atom is -0.435 e. The van der Waals surface area contributed by atoms with Gasteiger partial charge in [0.1, 0.15) is 17.0 Å². The van der Waals surface area contributed by atoms with Gasteiger partial charge in [0.15, 0.2) is 0 Å². The number of anilines is 1. The van der Waals surface area contributed by atoms with Gasteiger partial charge in [0.25, 0.3) is 11.5 Å². The van der Waals surface area contributed by atoms with Gasteiger partial charge >= 0.3 is 0 Å². The maximum Gasteiger partial charge on any atom is 0.268 e. The number of carbonyl (C=O) groups is 1. The molecule has 1 aromatic heterocycles. The van der Waals surface area contributed by atoms with Crippen LogP contribution in [0, 0.1) is 5.82 Å². The zero-order valence-corrected chi connectivity index (χ0v) is 11.3. The molecule has 3 aromatic rings. The van der Waals surface area contributed by atoms with E-state index in [2.05, 4.69) is 10.5 Å². The summed E-state index contributed by atoms with van der Waals surface area (Å²) in [6.07, 6.45) is 0. The number of para-hydroxylation sites is 1. The highest BCUT2D eigenvalue weighted by atomic mass is 19.1. The molecule has 1 heterocycles. The van der Waals surface area contributed by atoms with Crippen LogP contribution in [0.2, 0.25) is 0 Å². The summed E-state index contributed by atoms with van der Waals surface area (Å²) in [7, 11) is 0. The van der Waals surface area contributed by atoms with E-state index in [1.54, 1.807) is 30.3 Å². The van der Waals surface area contributed by atoms with E-state index in [9.17, 15) is 9.18 Å². The van der Waals surface area contributed by atoms with Crippen molar-refractivity contribution in [1.82, 2.24) is 0 Å². The topological polar surface area (TPSA) is 74.8 Å². The Morgan fingerprint density at radius 2 is 1.86 bits per heavy atom. The number of hydrogen-bond donors (Lipinski definition) is 2. The average Bonchev–Trinajstić information content (AvgIpc) is 2.55. The fraction of sp³-hybridized carbons (Fsp3) is 0. The lowest BCUT2D eigenvalue weighted by molar-refractivity contribution is 0.102. The summed E-state index contributed by atoms with van der Waals surface area (Å²) < 4.78 is 18.2. The van der Waals surface area contributed by atoms with Crippen molar-refractivity contribution >= 4 is 22.6 Å². The fourth-order valence-electron chi connectivity index (χ4n) is 2.04. The van der Waals surface area contributed by atoms with Gasteiger partial charge < -0.3 is 14.9 Å². The van der Waals surface area contributed by atoms with E-state index >= 15 is 0 Å². The molecule has 0 fully saturated rings. The number of hydrogen-bond acceptors (Lipinski definition) is 4. The second-order valence-corrected chi connectivity index (χ2v) is 4.56. The first kappa shape index (κ1) is 13.8. The predicted octanol–water partition coefficient (Wildman–Crippen LogP) is 3.11. The van der Waals surface area contributed by atoms with Gasteiger partial charge in [-0.2, -0.15) is 0 Å². The minimum atomic E-state index is -0.520. The molecular weight excluding hydrogens is 287 g/mol. The quantitative estimate of drug-likeness (QED) is 0.564. The first-order chi connectivity index (χ1) is 10.7. The molecule has 0 unspecified atom stereocenters. The molecule has 2 aromatic carbocycles. The van der Waals surface area contributed by atoms with Gasteiger partial charge in [-0.05, 0) is 41.6 Å². The highest BCUT2D eigenvalue weighted by Gasteiger charge is 2.13. The maximum atomic E-state index is 12.9. The predicted molar refractivity (Wildman–Crippen MR) is 77.9 cm³/mol. The van der Waals surface area contributed by atoms with E-state index in [4.69, 9.17) is 9.62 Å². The number of halogens is 1. The van der Waals surface area contributed by atoms with Crippen molar-refractivity contribution in [2.45, 2.75) is 0 Å². The number of benzene rings is 2. The maximum absolute atomic E-state index is 12.9. The van der Waals surface area contributed by atoms with Crippen molar-refractivity contribution in [3.63, 3.8) is 0 Å². The number of nitrogens with zero attached hydrogens (tertiary/aromatic N) is 1. The van der Waals surface area contributed by atoms with Crippen molar-refractivity contribution < 1.29 is 18.8 Å². The molecular formula is C16H11FN2O3. The molecule has 0 saturated carbocycles. The van der Waals surface area contributed by atoms with E-state index < -0.39 is 11.7 Å². The summed E-state index contributed by atoms with van der Waals surface area (Å²) >= 11 is 0. The summed E-state index contributed by atoms with van der Waals surface area (Å²) in [6, 6.07) is 13.9. The Labute approximate surface area is 124 Å². The van der Waals surface area contributed by atoms with Crippen LogP contribution in [-0.2, 0) is 0 Å². The number of fused-ring (bicyclic) bond motifs is 1. The molecule has 110 valence electrons. The molecule has 0 saturated heterocycles. The molecule has 5 nitrogen and oxygen atoms in total. The lowest BCUT2D eigenvalue weighted by atomic mass is 10.1. The SMILES string of the molecule is O=C(Nc1ccc(F)cc1)c1cc2ccccc2oc1=NO. The van der Waals surface area contributed by atoms with Crippen molar-refractivity contribution in [3.8, 4) is 0 Å². The normalized spacial score (nSPS) is 11.6. The smallest absolute Gasteiger partial charge is 0.268 e. The van der Waals surface area contributed by atoms with Crippen LogP contribution < -0.4 is 10.9 Å². The zero-order chi connectivity index (χ0) is 15.5. The third kappa shape index (κ3) is 2.67. The lowest BCUT2D eigenvalue weighted by Crippen LogP contribution is -2.21. The molecule has 22 heavy (non-hydrogen) atoms. The Kier molecular flexibility index (Phi) is 3.57. The van der Waals surface area contributed by atoms with Crippen LogP contribution in [0.1, 0.15) is 10.4 Å². The summed E-state index contributed by atoms with van der Waals surface area (Å²) in [5.41, 5.74) is 0.793. The van der Waals surface area contributed by atoms with Crippen LogP contribution in [0.4, 0.5) is 10.1 Å². The third-order valence-electron chi connectivity index (χ3n) is 3.09. The molecule has 0 atom stereocenters. The molecule has 0 aliphatic heterocycles. The molecule has 0 aliphatic carbocycles. The van der Waals surface area contributed by atoms with Gasteiger partial charge in [-0.15, -0.1) is 0 Å². The Hall–Kier alpha value is -3.15. The lowest BCUT2D eigenvalue weighted by Gasteiger charge is -2.06. The summed E-state index contributed by atoms with van der Waals surface area (Å²) in [6.45, 7) is 0. The summed E-state index contributed by atoms with van der Waals surface area (Å²) in [4.78, 5) is 12.3. The van der Waals surface area contributed by atoms with Crippen molar-refractivity contribution in [2.75, 3.05) is 5.32 Å². The Morgan fingerprint density at radius 3 is 2.59 bits per heavy atom. The molecule has 0 bridgehead atoms. The number of rotatable bonds is 2. The van der Waals surface area contributed by atoms with Crippen LogP contribution in [0.5, 0.6) is 0 Å². The van der Waals surface area contributed by atoms with Crippen molar-refractivity contribution in [3.05, 3.63) is 71.5 Å². The first-order valence-corrected chi connectivity index (χ1v) is 6.45. The fourth-order valence-corrected chi connectivity index (χ4v) is 2.04. The summed E-state index contributed by atoms with van der Waals surface area (Å²) in [5, 5.41) is 15.3. The Balaban J connectivity index is 2.01. The molecule has 6 heteroatoms. The van der Waals surface area contributed by atoms with E-state index in [-0.39, 0.29) is 11.1 Å². The average molecular weight is 298 g/mol. The Bertz CT molecular complexity index is 901. The van der Waals surface area contributed by atoms with Gasteiger partial charge in [-0.25, -0.2) is 4.39 Å². The van der Waals surface area contributed by atoms with Crippen LogP contribution in [0.25, 0.3) is 11.0 Å².